The Labute approximate surface area is 192 Å². The van der Waals surface area contributed by atoms with Crippen LogP contribution >= 0.6 is 0 Å². The highest BCUT2D eigenvalue weighted by molar-refractivity contribution is 5.96. The molecule has 0 spiro atoms. The van der Waals surface area contributed by atoms with Crippen molar-refractivity contribution in [3.63, 3.8) is 0 Å². The molecule has 0 aliphatic carbocycles. The van der Waals surface area contributed by atoms with Crippen LogP contribution in [0, 0.1) is 0 Å². The van der Waals surface area contributed by atoms with Gasteiger partial charge in [-0.15, -0.1) is 0 Å². The molecule has 0 saturated heterocycles. The molecular formula is C24H31N5O4. The summed E-state index contributed by atoms with van der Waals surface area (Å²) in [6, 6.07) is 7.07. The number of hydrogen-bond donors (Lipinski definition) is 2. The fraction of sp³-hybridized carbons (Fsp3) is 0.417. The van der Waals surface area contributed by atoms with Gasteiger partial charge in [-0.3, -0.25) is 23.9 Å². The Bertz CT molecular complexity index is 1180. The number of anilines is 2. The molecule has 1 aromatic carbocycles. The number of H-pyrrole nitrogens is 1. The number of rotatable bonds is 8. The number of benzene rings is 1. The van der Waals surface area contributed by atoms with E-state index >= 15 is 0 Å². The van der Waals surface area contributed by atoms with E-state index < -0.39 is 17.3 Å². The van der Waals surface area contributed by atoms with Crippen molar-refractivity contribution in [1.82, 2.24) is 14.5 Å². The third kappa shape index (κ3) is 4.92. The van der Waals surface area contributed by atoms with Gasteiger partial charge in [0.15, 0.2) is 5.69 Å². The lowest BCUT2D eigenvalue weighted by atomic mass is 9.93. The molecule has 9 heteroatoms. The van der Waals surface area contributed by atoms with Gasteiger partial charge in [0.25, 0.3) is 5.56 Å². The average molecular weight is 454 g/mol. The van der Waals surface area contributed by atoms with Crippen molar-refractivity contribution in [2.45, 2.75) is 59.0 Å². The molecule has 1 atom stereocenters. The standard InChI is InChI=1S/C24H31N5O4/c1-4-6-13-29-22(25)21(23(32)26-24(29)33)28(12-5-2)20(31)15-19-18-10-8-7-9-17(18)11-14-27(19)16(3)30/h7-11,14,19H,4-6,12-13,15,25H2,1-3H3,(H,26,32,33). The number of carbonyl (C=O) groups excluding carboxylic acids is 2. The quantitative estimate of drug-likeness (QED) is 0.636. The number of aromatic nitrogens is 2. The van der Waals surface area contributed by atoms with E-state index in [0.29, 0.717) is 19.4 Å². The van der Waals surface area contributed by atoms with Gasteiger partial charge in [-0.1, -0.05) is 44.5 Å². The highest BCUT2D eigenvalue weighted by Gasteiger charge is 2.32. The number of nitrogens with two attached hydrogens (primary N) is 1. The maximum atomic E-state index is 13.6. The molecule has 3 N–H and O–H groups in total. The third-order valence-electron chi connectivity index (χ3n) is 5.80. The second-order valence-electron chi connectivity index (χ2n) is 8.13. The lowest BCUT2D eigenvalue weighted by molar-refractivity contribution is -0.129. The minimum Gasteiger partial charge on any atom is -0.383 e. The van der Waals surface area contributed by atoms with E-state index in [0.717, 1.165) is 17.5 Å². The zero-order valence-electron chi connectivity index (χ0n) is 19.3. The predicted octanol–water partition coefficient (Wildman–Crippen LogP) is 2.63. The summed E-state index contributed by atoms with van der Waals surface area (Å²) >= 11 is 0. The van der Waals surface area contributed by atoms with Crippen molar-refractivity contribution in [1.29, 1.82) is 0 Å². The van der Waals surface area contributed by atoms with Gasteiger partial charge < -0.3 is 15.5 Å². The van der Waals surface area contributed by atoms with Gasteiger partial charge in [0.05, 0.1) is 12.5 Å². The van der Waals surface area contributed by atoms with Crippen LogP contribution in [0.3, 0.4) is 0 Å². The van der Waals surface area contributed by atoms with E-state index in [-0.39, 0.29) is 36.3 Å². The number of amides is 2. The number of aromatic amines is 1. The van der Waals surface area contributed by atoms with Crippen LogP contribution in [0.1, 0.15) is 63.6 Å². The minimum absolute atomic E-state index is 0.0217. The molecule has 0 bridgehead atoms. The Balaban J connectivity index is 2.02. The SMILES string of the molecule is CCCCn1c(N)c(N(CCC)C(=O)CC2c3ccccc3C=CN2C(C)=O)c(=O)[nH]c1=O. The molecular weight excluding hydrogens is 422 g/mol. The maximum Gasteiger partial charge on any atom is 0.330 e. The molecule has 9 nitrogen and oxygen atoms in total. The van der Waals surface area contributed by atoms with Crippen LogP contribution in [0.4, 0.5) is 11.5 Å². The summed E-state index contributed by atoms with van der Waals surface area (Å²) in [5.74, 6) is -0.562. The number of nitrogens with zero attached hydrogens (tertiary/aromatic N) is 3. The van der Waals surface area contributed by atoms with E-state index in [4.69, 9.17) is 5.73 Å². The Hall–Kier alpha value is -3.62. The lowest BCUT2D eigenvalue weighted by Crippen LogP contribution is -2.43. The van der Waals surface area contributed by atoms with Crippen LogP contribution in [-0.2, 0) is 16.1 Å². The number of fused-ring (bicyclic) bond motifs is 1. The summed E-state index contributed by atoms with van der Waals surface area (Å²) in [7, 11) is 0. The van der Waals surface area contributed by atoms with E-state index in [2.05, 4.69) is 4.98 Å². The number of nitrogen functional groups attached to an aromatic ring is 1. The van der Waals surface area contributed by atoms with E-state index in [1.165, 1.54) is 21.3 Å². The van der Waals surface area contributed by atoms with Gasteiger partial charge in [0.1, 0.15) is 5.82 Å². The van der Waals surface area contributed by atoms with Crippen LogP contribution in [0.2, 0.25) is 0 Å². The number of hydrogen-bond acceptors (Lipinski definition) is 5. The summed E-state index contributed by atoms with van der Waals surface area (Å²) in [4.78, 5) is 56.1. The second kappa shape index (κ2) is 10.3. The fourth-order valence-corrected chi connectivity index (χ4v) is 4.15. The first-order valence-corrected chi connectivity index (χ1v) is 11.3. The van der Waals surface area contributed by atoms with Crippen LogP contribution < -0.4 is 21.9 Å². The molecule has 3 rings (SSSR count). The van der Waals surface area contributed by atoms with Crippen molar-refractivity contribution in [3.8, 4) is 0 Å². The number of carbonyl (C=O) groups is 2. The van der Waals surface area contributed by atoms with Crippen molar-refractivity contribution >= 4 is 29.4 Å². The topological polar surface area (TPSA) is 121 Å². The largest absolute Gasteiger partial charge is 0.383 e. The molecule has 1 aromatic heterocycles. The Morgan fingerprint density at radius 3 is 2.55 bits per heavy atom. The molecule has 2 amide bonds. The van der Waals surface area contributed by atoms with Gasteiger partial charge in [-0.2, -0.15) is 0 Å². The average Bonchev–Trinajstić information content (AvgIpc) is 2.78. The lowest BCUT2D eigenvalue weighted by Gasteiger charge is -2.34. The molecule has 2 heterocycles. The zero-order chi connectivity index (χ0) is 24.1. The van der Waals surface area contributed by atoms with Crippen LogP contribution in [0.25, 0.3) is 6.08 Å². The van der Waals surface area contributed by atoms with Gasteiger partial charge in [-0.05, 0) is 30.0 Å². The monoisotopic (exact) mass is 453 g/mol. The molecule has 33 heavy (non-hydrogen) atoms. The third-order valence-corrected chi connectivity index (χ3v) is 5.80. The van der Waals surface area contributed by atoms with Gasteiger partial charge in [-0.25, -0.2) is 4.79 Å². The van der Waals surface area contributed by atoms with E-state index in [1.807, 2.05) is 44.2 Å². The molecule has 0 fully saturated rings. The highest BCUT2D eigenvalue weighted by Crippen LogP contribution is 2.34. The van der Waals surface area contributed by atoms with Crippen molar-refractivity contribution in [3.05, 3.63) is 62.4 Å². The minimum atomic E-state index is -0.695. The predicted molar refractivity (Wildman–Crippen MR) is 129 cm³/mol. The van der Waals surface area contributed by atoms with E-state index in [1.54, 1.807) is 6.20 Å². The molecule has 1 aliphatic rings. The molecule has 2 aromatic rings. The normalized spacial score (nSPS) is 14.8. The first-order valence-electron chi connectivity index (χ1n) is 11.3. The summed E-state index contributed by atoms with van der Waals surface area (Å²) < 4.78 is 1.30. The maximum absolute atomic E-state index is 13.6. The molecule has 0 saturated carbocycles. The molecule has 1 aliphatic heterocycles. The summed E-state index contributed by atoms with van der Waals surface area (Å²) in [6.45, 7) is 5.92. The molecule has 0 radical (unpaired) electrons. The Kier molecular flexibility index (Phi) is 7.52. The van der Waals surface area contributed by atoms with Crippen LogP contribution in [-0.4, -0.2) is 32.8 Å². The first-order chi connectivity index (χ1) is 15.8. The van der Waals surface area contributed by atoms with Crippen LogP contribution in [0.15, 0.2) is 40.1 Å². The van der Waals surface area contributed by atoms with Crippen molar-refractivity contribution < 1.29 is 9.59 Å². The summed E-state index contributed by atoms with van der Waals surface area (Å²) in [6.07, 6.45) is 5.61. The zero-order valence-corrected chi connectivity index (χ0v) is 19.3. The second-order valence-corrected chi connectivity index (χ2v) is 8.13. The fourth-order valence-electron chi connectivity index (χ4n) is 4.15. The highest BCUT2D eigenvalue weighted by atomic mass is 16.2. The smallest absolute Gasteiger partial charge is 0.330 e. The first kappa shape index (κ1) is 24.0. The Morgan fingerprint density at radius 2 is 1.88 bits per heavy atom. The number of nitrogens with one attached hydrogen (secondary N) is 1. The van der Waals surface area contributed by atoms with Crippen LogP contribution in [0.5, 0.6) is 0 Å². The number of unbranched alkanes of at least 4 members (excludes halogenated alkanes) is 1. The van der Waals surface area contributed by atoms with Gasteiger partial charge in [0.2, 0.25) is 11.8 Å². The molecule has 1 unspecified atom stereocenters. The van der Waals surface area contributed by atoms with Gasteiger partial charge >= 0.3 is 5.69 Å². The van der Waals surface area contributed by atoms with Crippen molar-refractivity contribution in [2.24, 2.45) is 0 Å². The summed E-state index contributed by atoms with van der Waals surface area (Å²) in [5, 5.41) is 0. The molecule has 176 valence electrons. The summed E-state index contributed by atoms with van der Waals surface area (Å²) in [5.41, 5.74) is 6.73. The Morgan fingerprint density at radius 1 is 1.15 bits per heavy atom. The van der Waals surface area contributed by atoms with Crippen molar-refractivity contribution in [2.75, 3.05) is 17.2 Å². The van der Waals surface area contributed by atoms with Gasteiger partial charge in [0, 0.05) is 26.2 Å². The van der Waals surface area contributed by atoms with E-state index in [9.17, 15) is 19.2 Å².